The molecule has 0 fully saturated rings. The summed E-state index contributed by atoms with van der Waals surface area (Å²) in [6, 6.07) is -2.76. The molecule has 8 N–H and O–H groups in total. The van der Waals surface area contributed by atoms with Gasteiger partial charge >= 0.3 is 5.97 Å². The van der Waals surface area contributed by atoms with Gasteiger partial charge in [-0.2, -0.15) is 12.6 Å². The summed E-state index contributed by atoms with van der Waals surface area (Å²) in [4.78, 5) is 47.3. The van der Waals surface area contributed by atoms with Gasteiger partial charge in [-0.1, -0.05) is 20.3 Å². The van der Waals surface area contributed by atoms with Crippen molar-refractivity contribution in [2.75, 3.05) is 18.8 Å². The molecule has 0 aromatic rings. The number of nitrogens with one attached hydrogen (secondary N) is 3. The zero-order valence-electron chi connectivity index (χ0n) is 16.4. The van der Waals surface area contributed by atoms with Crippen molar-refractivity contribution in [2.24, 2.45) is 17.4 Å². The molecule has 10 nitrogen and oxygen atoms in total. The second kappa shape index (κ2) is 14.2. The molecular formula is C17H33N5O5S. The molecule has 0 aliphatic rings. The van der Waals surface area contributed by atoms with E-state index in [1.165, 1.54) is 0 Å². The molecule has 11 heteroatoms. The van der Waals surface area contributed by atoms with Crippen molar-refractivity contribution in [1.82, 2.24) is 16.0 Å². The molecular weight excluding hydrogens is 386 g/mol. The highest BCUT2D eigenvalue weighted by molar-refractivity contribution is 7.80. The van der Waals surface area contributed by atoms with Gasteiger partial charge in [0.25, 0.3) is 0 Å². The Morgan fingerprint density at radius 2 is 1.68 bits per heavy atom. The number of rotatable bonds is 14. The van der Waals surface area contributed by atoms with Crippen molar-refractivity contribution in [1.29, 1.82) is 0 Å². The molecule has 162 valence electrons. The summed E-state index contributed by atoms with van der Waals surface area (Å²) in [5.74, 6) is -2.78. The summed E-state index contributed by atoms with van der Waals surface area (Å²) >= 11 is 4.04. The van der Waals surface area contributed by atoms with E-state index < -0.39 is 48.4 Å². The third-order valence-corrected chi connectivity index (χ3v) is 4.25. The van der Waals surface area contributed by atoms with Crippen LogP contribution >= 0.6 is 12.6 Å². The molecule has 28 heavy (non-hydrogen) atoms. The number of aliphatic carboxylic acids is 1. The average Bonchev–Trinajstić information content (AvgIpc) is 2.62. The van der Waals surface area contributed by atoms with Crippen LogP contribution in [0.4, 0.5) is 0 Å². The number of thiol groups is 1. The molecule has 3 unspecified atom stereocenters. The molecule has 3 amide bonds. The van der Waals surface area contributed by atoms with Crippen LogP contribution in [0.25, 0.3) is 0 Å². The Labute approximate surface area is 171 Å². The summed E-state index contributed by atoms with van der Waals surface area (Å²) in [5.41, 5.74) is 11.2. The highest BCUT2D eigenvalue weighted by Gasteiger charge is 2.24. The van der Waals surface area contributed by atoms with Gasteiger partial charge in [-0.15, -0.1) is 0 Å². The van der Waals surface area contributed by atoms with E-state index in [1.54, 1.807) is 0 Å². The number of hydrogen-bond donors (Lipinski definition) is 7. The van der Waals surface area contributed by atoms with Gasteiger partial charge in [0.2, 0.25) is 17.7 Å². The fraction of sp³-hybridized carbons (Fsp3) is 0.765. The predicted octanol–water partition coefficient (Wildman–Crippen LogP) is -1.41. The second-order valence-electron chi connectivity index (χ2n) is 6.94. The summed E-state index contributed by atoms with van der Waals surface area (Å²) < 4.78 is 0. The van der Waals surface area contributed by atoms with Crippen LogP contribution in [-0.4, -0.2) is 65.8 Å². The highest BCUT2D eigenvalue weighted by atomic mass is 32.1. The van der Waals surface area contributed by atoms with Crippen molar-refractivity contribution < 1.29 is 24.3 Å². The highest BCUT2D eigenvalue weighted by Crippen LogP contribution is 2.04. The summed E-state index contributed by atoms with van der Waals surface area (Å²) in [5, 5.41) is 16.3. The van der Waals surface area contributed by atoms with E-state index in [2.05, 4.69) is 28.6 Å². The lowest BCUT2D eigenvalue weighted by Gasteiger charge is -2.20. The molecule has 0 aromatic carbocycles. The Balaban J connectivity index is 4.50. The summed E-state index contributed by atoms with van der Waals surface area (Å²) in [6.45, 7) is 3.77. The van der Waals surface area contributed by atoms with Gasteiger partial charge in [-0.25, -0.2) is 4.79 Å². The van der Waals surface area contributed by atoms with Gasteiger partial charge in [-0.3, -0.25) is 14.4 Å². The second-order valence-corrected chi connectivity index (χ2v) is 7.31. The van der Waals surface area contributed by atoms with Crippen molar-refractivity contribution in [3.8, 4) is 0 Å². The van der Waals surface area contributed by atoms with Gasteiger partial charge in [-0.05, 0) is 31.7 Å². The molecule has 0 heterocycles. The van der Waals surface area contributed by atoms with Crippen molar-refractivity contribution in [3.05, 3.63) is 0 Å². The third kappa shape index (κ3) is 11.1. The van der Waals surface area contributed by atoms with Gasteiger partial charge in [0.15, 0.2) is 0 Å². The molecule has 0 rings (SSSR count). The number of carbonyl (C=O) groups is 4. The van der Waals surface area contributed by atoms with Gasteiger partial charge in [0, 0.05) is 5.75 Å². The number of carboxylic acids is 1. The van der Waals surface area contributed by atoms with Gasteiger partial charge in [0.1, 0.15) is 12.1 Å². The minimum absolute atomic E-state index is 0.0137. The molecule has 0 aromatic heterocycles. The van der Waals surface area contributed by atoms with Gasteiger partial charge < -0.3 is 32.5 Å². The van der Waals surface area contributed by atoms with Crippen LogP contribution in [-0.2, 0) is 19.2 Å². The first-order valence-corrected chi connectivity index (χ1v) is 9.92. The molecule has 0 radical (unpaired) electrons. The Hall–Kier alpha value is -1.85. The number of nitrogens with two attached hydrogens (primary N) is 2. The minimum atomic E-state index is -1.14. The maximum absolute atomic E-state index is 12.2. The Bertz CT molecular complexity index is 532. The fourth-order valence-corrected chi connectivity index (χ4v) is 2.60. The SMILES string of the molecule is CC(C)CC(NC(=O)CNC(=O)C(CS)NC(=O)C(N)CCCCN)C(=O)O. The van der Waals surface area contributed by atoms with Gasteiger partial charge in [0.05, 0.1) is 12.6 Å². The van der Waals surface area contributed by atoms with E-state index in [0.29, 0.717) is 19.4 Å². The van der Waals surface area contributed by atoms with E-state index in [-0.39, 0.29) is 18.1 Å². The molecule has 0 saturated heterocycles. The molecule has 0 aliphatic heterocycles. The lowest BCUT2D eigenvalue weighted by Crippen LogP contribution is -2.54. The molecule has 3 atom stereocenters. The first-order chi connectivity index (χ1) is 13.1. The van der Waals surface area contributed by atoms with Crippen LogP contribution in [0.2, 0.25) is 0 Å². The first-order valence-electron chi connectivity index (χ1n) is 9.29. The zero-order valence-corrected chi connectivity index (χ0v) is 17.3. The molecule has 0 saturated carbocycles. The monoisotopic (exact) mass is 419 g/mol. The van der Waals surface area contributed by atoms with Crippen molar-refractivity contribution in [3.63, 3.8) is 0 Å². The quantitative estimate of drug-likeness (QED) is 0.134. The number of hydrogen-bond acceptors (Lipinski definition) is 7. The van der Waals surface area contributed by atoms with Crippen LogP contribution in [0.1, 0.15) is 39.5 Å². The molecule has 0 bridgehead atoms. The normalized spacial score (nSPS) is 14.1. The lowest BCUT2D eigenvalue weighted by molar-refractivity contribution is -0.142. The van der Waals surface area contributed by atoms with Crippen molar-refractivity contribution >= 4 is 36.3 Å². The van der Waals surface area contributed by atoms with E-state index >= 15 is 0 Å². The van der Waals surface area contributed by atoms with E-state index in [9.17, 15) is 19.2 Å². The van der Waals surface area contributed by atoms with E-state index in [0.717, 1.165) is 6.42 Å². The lowest BCUT2D eigenvalue weighted by atomic mass is 10.0. The van der Waals surface area contributed by atoms with Crippen LogP contribution in [0.15, 0.2) is 0 Å². The predicted molar refractivity (Wildman–Crippen MR) is 109 cm³/mol. The van der Waals surface area contributed by atoms with E-state index in [1.807, 2.05) is 13.8 Å². The Morgan fingerprint density at radius 3 is 2.18 bits per heavy atom. The number of amides is 3. The van der Waals surface area contributed by atoms with E-state index in [4.69, 9.17) is 16.6 Å². The summed E-state index contributed by atoms with van der Waals surface area (Å²) in [6.07, 6.45) is 2.16. The average molecular weight is 420 g/mol. The minimum Gasteiger partial charge on any atom is -0.480 e. The largest absolute Gasteiger partial charge is 0.480 e. The fourth-order valence-electron chi connectivity index (χ4n) is 2.34. The number of carboxylic acid groups (broad SMARTS) is 1. The third-order valence-electron chi connectivity index (χ3n) is 3.89. The number of carbonyl (C=O) groups excluding carboxylic acids is 3. The van der Waals surface area contributed by atoms with Crippen LogP contribution in [0.5, 0.6) is 0 Å². The Kier molecular flexibility index (Phi) is 13.3. The summed E-state index contributed by atoms with van der Waals surface area (Å²) in [7, 11) is 0. The standard InChI is InChI=1S/C17H33N5O5S/c1-10(2)7-12(17(26)27)21-14(23)8-20-16(25)13(9-28)22-15(24)11(19)5-3-4-6-18/h10-13,28H,3-9,18-19H2,1-2H3,(H,20,25)(H,21,23)(H,22,24)(H,26,27). The maximum Gasteiger partial charge on any atom is 0.326 e. The van der Waals surface area contributed by atoms with Crippen LogP contribution in [0.3, 0.4) is 0 Å². The Morgan fingerprint density at radius 1 is 1.04 bits per heavy atom. The van der Waals surface area contributed by atoms with Crippen LogP contribution < -0.4 is 27.4 Å². The topological polar surface area (TPSA) is 177 Å². The zero-order chi connectivity index (χ0) is 21.7. The van der Waals surface area contributed by atoms with Crippen molar-refractivity contribution in [2.45, 2.75) is 57.7 Å². The maximum atomic E-state index is 12.2. The smallest absolute Gasteiger partial charge is 0.326 e. The first kappa shape index (κ1) is 26.1. The molecule has 0 spiro atoms. The van der Waals surface area contributed by atoms with Crippen LogP contribution in [0, 0.1) is 5.92 Å². The number of unbranched alkanes of at least 4 members (excludes halogenated alkanes) is 1. The molecule has 0 aliphatic carbocycles.